The molecule has 0 saturated heterocycles. The van der Waals surface area contributed by atoms with Gasteiger partial charge >= 0.3 is 0 Å². The molecule has 0 bridgehead atoms. The van der Waals surface area contributed by atoms with Crippen LogP contribution < -0.4 is 10.0 Å². The quantitative estimate of drug-likeness (QED) is 0.274. The molecule has 0 aromatic heterocycles. The first-order valence-electron chi connectivity index (χ1n) is 8.47. The SMILES string of the molecule is C/C(C=O)=C/C(NSc1ccccc1)=C(/Nc1ccc(C)cc1Cl)N(C)C. The average Bonchev–Trinajstić information content (AvgIpc) is 2.65. The van der Waals surface area contributed by atoms with Gasteiger partial charge in [0.15, 0.2) is 0 Å². The van der Waals surface area contributed by atoms with E-state index in [-0.39, 0.29) is 0 Å². The van der Waals surface area contributed by atoms with Gasteiger partial charge in [-0.25, -0.2) is 0 Å². The monoisotopic (exact) mass is 401 g/mol. The molecule has 0 amide bonds. The minimum Gasteiger partial charge on any atom is -0.363 e. The van der Waals surface area contributed by atoms with Gasteiger partial charge in [0.05, 0.1) is 16.4 Å². The van der Waals surface area contributed by atoms with Gasteiger partial charge in [-0.2, -0.15) is 0 Å². The molecule has 0 atom stereocenters. The van der Waals surface area contributed by atoms with Crippen LogP contribution in [-0.2, 0) is 4.79 Å². The Kier molecular flexibility index (Phi) is 7.82. The Labute approximate surface area is 170 Å². The molecule has 4 nitrogen and oxygen atoms in total. The summed E-state index contributed by atoms with van der Waals surface area (Å²) in [6, 6.07) is 15.8. The standard InChI is InChI=1S/C21H24ClN3OS/c1-15-10-11-19(18(22)12-15)23-21(25(3)4)20(13-16(2)14-26)24-27-17-8-6-5-7-9-17/h5-14,23-24H,1-4H3/b16-13-,21-20+. The van der Waals surface area contributed by atoms with E-state index in [4.69, 9.17) is 11.6 Å². The number of aldehydes is 1. The fraction of sp³-hybridized carbons (Fsp3) is 0.190. The highest BCUT2D eigenvalue weighted by Crippen LogP contribution is 2.26. The van der Waals surface area contributed by atoms with Gasteiger partial charge in [-0.15, -0.1) is 0 Å². The molecule has 2 aromatic rings. The summed E-state index contributed by atoms with van der Waals surface area (Å²) >= 11 is 7.86. The molecule has 0 saturated carbocycles. The maximum absolute atomic E-state index is 11.2. The molecule has 142 valence electrons. The first kappa shape index (κ1) is 20.9. The molecule has 27 heavy (non-hydrogen) atoms. The molecule has 2 aromatic carbocycles. The van der Waals surface area contributed by atoms with Crippen LogP contribution in [0.1, 0.15) is 12.5 Å². The van der Waals surface area contributed by atoms with Crippen molar-refractivity contribution >= 4 is 35.5 Å². The summed E-state index contributed by atoms with van der Waals surface area (Å²) < 4.78 is 3.35. The summed E-state index contributed by atoms with van der Waals surface area (Å²) in [6.45, 7) is 3.77. The van der Waals surface area contributed by atoms with E-state index in [0.29, 0.717) is 10.6 Å². The molecule has 0 spiro atoms. The minimum absolute atomic E-state index is 0.613. The highest BCUT2D eigenvalue weighted by atomic mass is 35.5. The zero-order valence-electron chi connectivity index (χ0n) is 15.9. The number of nitrogens with one attached hydrogen (secondary N) is 2. The first-order chi connectivity index (χ1) is 12.9. The molecular formula is C21H24ClN3OS. The number of halogens is 1. The maximum atomic E-state index is 11.2. The van der Waals surface area contributed by atoms with Crippen LogP contribution in [0.4, 0.5) is 5.69 Å². The number of carbonyl (C=O) groups excluding carboxylic acids is 1. The Balaban J connectivity index is 2.40. The number of carbonyl (C=O) groups is 1. The van der Waals surface area contributed by atoms with Crippen LogP contribution in [0.15, 0.2) is 76.6 Å². The molecule has 2 rings (SSSR count). The van der Waals surface area contributed by atoms with E-state index < -0.39 is 0 Å². The lowest BCUT2D eigenvalue weighted by Gasteiger charge is -2.23. The number of allylic oxidation sites excluding steroid dienone is 2. The van der Waals surface area contributed by atoms with Crippen molar-refractivity contribution in [2.24, 2.45) is 0 Å². The fourth-order valence-electron chi connectivity index (χ4n) is 2.28. The van der Waals surface area contributed by atoms with Gasteiger partial charge in [0.2, 0.25) is 0 Å². The lowest BCUT2D eigenvalue weighted by Crippen LogP contribution is -2.24. The van der Waals surface area contributed by atoms with E-state index in [1.54, 1.807) is 6.92 Å². The van der Waals surface area contributed by atoms with Crippen LogP contribution in [0.3, 0.4) is 0 Å². The van der Waals surface area contributed by atoms with Crippen LogP contribution in [0.5, 0.6) is 0 Å². The van der Waals surface area contributed by atoms with Crippen molar-refractivity contribution in [3.8, 4) is 0 Å². The Morgan fingerprint density at radius 2 is 1.85 bits per heavy atom. The molecule has 0 aliphatic carbocycles. The number of rotatable bonds is 8. The van der Waals surface area contributed by atoms with Gasteiger partial charge in [-0.1, -0.05) is 35.9 Å². The Morgan fingerprint density at radius 3 is 2.44 bits per heavy atom. The summed E-state index contributed by atoms with van der Waals surface area (Å²) in [7, 11) is 3.87. The number of hydrogen-bond donors (Lipinski definition) is 2. The smallest absolute Gasteiger partial charge is 0.145 e. The Morgan fingerprint density at radius 1 is 1.15 bits per heavy atom. The second kappa shape index (κ2) is 10.1. The lowest BCUT2D eigenvalue weighted by atomic mass is 10.2. The molecular weight excluding hydrogens is 378 g/mol. The number of anilines is 1. The van der Waals surface area contributed by atoms with Crippen molar-refractivity contribution in [2.45, 2.75) is 18.7 Å². The van der Waals surface area contributed by atoms with E-state index >= 15 is 0 Å². The lowest BCUT2D eigenvalue weighted by molar-refractivity contribution is -0.104. The maximum Gasteiger partial charge on any atom is 0.145 e. The zero-order valence-corrected chi connectivity index (χ0v) is 17.5. The third-order valence-corrected chi connectivity index (χ3v) is 4.80. The molecule has 0 aliphatic rings. The van der Waals surface area contributed by atoms with Crippen molar-refractivity contribution in [3.05, 3.63) is 82.3 Å². The predicted molar refractivity (Wildman–Crippen MR) is 116 cm³/mol. The van der Waals surface area contributed by atoms with Crippen LogP contribution in [0, 0.1) is 6.92 Å². The van der Waals surface area contributed by atoms with Gasteiger partial charge in [-0.05, 0) is 67.3 Å². The van der Waals surface area contributed by atoms with Crippen LogP contribution in [0.25, 0.3) is 0 Å². The molecule has 0 fully saturated rings. The topological polar surface area (TPSA) is 44.4 Å². The predicted octanol–water partition coefficient (Wildman–Crippen LogP) is 5.23. The van der Waals surface area contributed by atoms with Gasteiger partial charge in [0.1, 0.15) is 12.1 Å². The summed E-state index contributed by atoms with van der Waals surface area (Å²) in [5, 5.41) is 4.02. The normalized spacial score (nSPS) is 12.3. The van der Waals surface area contributed by atoms with Crippen LogP contribution in [0.2, 0.25) is 5.02 Å². The molecule has 0 aliphatic heterocycles. The minimum atomic E-state index is 0.613. The van der Waals surface area contributed by atoms with Gasteiger partial charge < -0.3 is 14.9 Å². The number of nitrogens with zero attached hydrogens (tertiary/aromatic N) is 1. The molecule has 0 unspecified atom stereocenters. The summed E-state index contributed by atoms with van der Waals surface area (Å²) in [6.07, 6.45) is 2.65. The molecule has 6 heteroatoms. The summed E-state index contributed by atoms with van der Waals surface area (Å²) in [5.74, 6) is 0.797. The van der Waals surface area contributed by atoms with Crippen molar-refractivity contribution in [3.63, 3.8) is 0 Å². The third-order valence-electron chi connectivity index (χ3n) is 3.66. The van der Waals surface area contributed by atoms with Crippen molar-refractivity contribution in [1.82, 2.24) is 9.62 Å². The third kappa shape index (κ3) is 6.38. The fourth-order valence-corrected chi connectivity index (χ4v) is 3.24. The van der Waals surface area contributed by atoms with E-state index in [1.165, 1.54) is 11.9 Å². The van der Waals surface area contributed by atoms with E-state index in [1.807, 2.05) is 80.5 Å². The zero-order chi connectivity index (χ0) is 19.8. The van der Waals surface area contributed by atoms with Gasteiger partial charge in [0, 0.05) is 19.0 Å². The molecule has 2 N–H and O–H groups in total. The highest BCUT2D eigenvalue weighted by Gasteiger charge is 2.11. The second-order valence-corrected chi connectivity index (χ2v) is 7.58. The first-order valence-corrected chi connectivity index (χ1v) is 9.66. The van der Waals surface area contributed by atoms with E-state index in [0.717, 1.165) is 34.0 Å². The van der Waals surface area contributed by atoms with E-state index in [2.05, 4.69) is 10.0 Å². The largest absolute Gasteiger partial charge is 0.363 e. The number of aryl methyl sites for hydroxylation is 1. The Hall–Kier alpha value is -2.37. The van der Waals surface area contributed by atoms with E-state index in [9.17, 15) is 4.79 Å². The molecule has 0 heterocycles. The molecule has 0 radical (unpaired) electrons. The second-order valence-electron chi connectivity index (χ2n) is 6.29. The Bertz CT molecular complexity index is 848. The van der Waals surface area contributed by atoms with Crippen LogP contribution in [-0.4, -0.2) is 25.3 Å². The summed E-state index contributed by atoms with van der Waals surface area (Å²) in [4.78, 5) is 14.2. The number of hydrogen-bond acceptors (Lipinski definition) is 5. The van der Waals surface area contributed by atoms with Crippen molar-refractivity contribution < 1.29 is 4.79 Å². The van der Waals surface area contributed by atoms with Gasteiger partial charge in [-0.3, -0.25) is 4.79 Å². The van der Waals surface area contributed by atoms with Crippen LogP contribution >= 0.6 is 23.5 Å². The number of benzene rings is 2. The average molecular weight is 402 g/mol. The highest BCUT2D eigenvalue weighted by molar-refractivity contribution is 7.97. The summed E-state index contributed by atoms with van der Waals surface area (Å²) in [5.41, 5.74) is 3.28. The van der Waals surface area contributed by atoms with Crippen molar-refractivity contribution in [1.29, 1.82) is 0 Å². The van der Waals surface area contributed by atoms with Crippen molar-refractivity contribution in [2.75, 3.05) is 19.4 Å². The van der Waals surface area contributed by atoms with Gasteiger partial charge in [0.25, 0.3) is 0 Å².